The lowest BCUT2D eigenvalue weighted by Crippen LogP contribution is -2.40. The first-order valence-electron chi connectivity index (χ1n) is 13.5. The Morgan fingerprint density at radius 3 is 2.14 bits per heavy atom. The zero-order valence-electron chi connectivity index (χ0n) is 21.3. The molecule has 2 aliphatic rings. The Morgan fingerprint density at radius 2 is 1.54 bits per heavy atom. The number of likely N-dealkylation sites (tertiary alicyclic amines) is 2. The van der Waals surface area contributed by atoms with Crippen molar-refractivity contribution < 1.29 is 9.59 Å². The van der Waals surface area contributed by atoms with E-state index in [0.29, 0.717) is 23.8 Å². The topological polar surface area (TPSA) is 53.5 Å². The number of aromatic nitrogens is 1. The number of unbranched alkanes of at least 4 members (excludes halogenated alkanes) is 2. The number of hydrogen-bond acceptors (Lipinski definition) is 3. The number of nitrogens with zero attached hydrogens (tertiary/aromatic N) is 3. The van der Waals surface area contributed by atoms with Gasteiger partial charge in [0, 0.05) is 70.8 Å². The van der Waals surface area contributed by atoms with Crippen LogP contribution < -0.4 is 0 Å². The van der Waals surface area contributed by atoms with Gasteiger partial charge in [-0.25, -0.2) is 0 Å². The number of hydrogen-bond donors (Lipinski definition) is 0. The third-order valence-corrected chi connectivity index (χ3v) is 9.11. The first-order valence-corrected chi connectivity index (χ1v) is 15.5. The Morgan fingerprint density at radius 1 is 0.892 bits per heavy atom. The van der Waals surface area contributed by atoms with Gasteiger partial charge in [-0.15, -0.1) is 0 Å². The molecule has 4 rings (SSSR count). The summed E-state index contributed by atoms with van der Waals surface area (Å²) in [6.45, 7) is 3.38. The molecule has 200 valence electrons. The van der Waals surface area contributed by atoms with E-state index in [9.17, 15) is 9.59 Å². The van der Waals surface area contributed by atoms with Crippen LogP contribution in [0.1, 0.15) is 81.4 Å². The van der Waals surface area contributed by atoms with Crippen molar-refractivity contribution in [1.82, 2.24) is 14.8 Å². The number of carbonyl (C=O) groups excluding carboxylic acids is 2. The second-order valence-electron chi connectivity index (χ2n) is 10.3. The van der Waals surface area contributed by atoms with Crippen LogP contribution in [0.2, 0.25) is 5.02 Å². The molecule has 0 unspecified atom stereocenters. The first kappa shape index (κ1) is 28.6. The predicted molar refractivity (Wildman–Crippen MR) is 156 cm³/mol. The molecular weight excluding hydrogens is 618 g/mol. The fourth-order valence-electron chi connectivity index (χ4n) is 5.65. The van der Waals surface area contributed by atoms with E-state index in [1.165, 1.54) is 12.0 Å². The zero-order valence-corrected chi connectivity index (χ0v) is 25.2. The fraction of sp³-hybridized carbons (Fsp3) is 0.552. The third kappa shape index (κ3) is 8.03. The predicted octanol–water partition coefficient (Wildman–Crippen LogP) is 7.59. The molecule has 0 saturated carbocycles. The van der Waals surface area contributed by atoms with E-state index in [1.54, 1.807) is 0 Å². The molecule has 0 aliphatic carbocycles. The van der Waals surface area contributed by atoms with Crippen molar-refractivity contribution in [2.75, 3.05) is 26.2 Å². The molecular formula is C29H36Br2ClN3O2. The Hall–Kier alpha value is -1.44. The maximum Gasteiger partial charge on any atom is 0.222 e. The number of halogens is 3. The summed E-state index contributed by atoms with van der Waals surface area (Å²) in [4.78, 5) is 34.0. The van der Waals surface area contributed by atoms with Crippen LogP contribution in [0.3, 0.4) is 0 Å². The van der Waals surface area contributed by atoms with E-state index in [4.69, 9.17) is 16.6 Å². The van der Waals surface area contributed by atoms with Gasteiger partial charge in [-0.3, -0.25) is 14.6 Å². The van der Waals surface area contributed by atoms with Gasteiger partial charge >= 0.3 is 0 Å². The molecule has 1 aromatic carbocycles. The number of pyridine rings is 1. The van der Waals surface area contributed by atoms with Gasteiger partial charge in [0.05, 0.1) is 0 Å². The minimum Gasteiger partial charge on any atom is -0.343 e. The van der Waals surface area contributed by atoms with Crippen LogP contribution >= 0.6 is 43.5 Å². The lowest BCUT2D eigenvalue weighted by Gasteiger charge is -2.36. The molecule has 0 radical (unpaired) electrons. The summed E-state index contributed by atoms with van der Waals surface area (Å²) in [7, 11) is 0. The highest BCUT2D eigenvalue weighted by Gasteiger charge is 2.32. The Labute approximate surface area is 242 Å². The van der Waals surface area contributed by atoms with Gasteiger partial charge in [0.1, 0.15) is 0 Å². The van der Waals surface area contributed by atoms with E-state index in [-0.39, 0.29) is 17.7 Å². The maximum absolute atomic E-state index is 12.9. The zero-order chi connectivity index (χ0) is 26.2. The van der Waals surface area contributed by atoms with Gasteiger partial charge in [0.25, 0.3) is 0 Å². The van der Waals surface area contributed by atoms with E-state index in [0.717, 1.165) is 85.8 Å². The summed E-state index contributed by atoms with van der Waals surface area (Å²) in [5.41, 5.74) is 2.22. The molecule has 0 spiro atoms. The summed E-state index contributed by atoms with van der Waals surface area (Å²) in [6.07, 6.45) is 11.1. The van der Waals surface area contributed by atoms with Crippen LogP contribution in [0, 0.1) is 5.92 Å². The van der Waals surface area contributed by atoms with Gasteiger partial charge in [-0.2, -0.15) is 0 Å². The SMILES string of the molecule is O=C(CCCCCC(=O)N1CCC([C@@H](c2ccc(Br)cn2)c2ccc(Cl)cc2Br)CC1)N1CCCCC1. The minimum atomic E-state index is 0.134. The van der Waals surface area contributed by atoms with Gasteiger partial charge in [-0.1, -0.05) is 40.0 Å². The molecule has 2 fully saturated rings. The second kappa shape index (κ2) is 14.1. The number of carbonyl (C=O) groups is 2. The Bertz CT molecular complexity index is 1050. The largest absolute Gasteiger partial charge is 0.343 e. The van der Waals surface area contributed by atoms with Gasteiger partial charge in [-0.05, 0) is 96.6 Å². The maximum atomic E-state index is 12.9. The second-order valence-corrected chi connectivity index (χ2v) is 12.5. The molecule has 37 heavy (non-hydrogen) atoms. The number of rotatable bonds is 9. The van der Waals surface area contributed by atoms with Crippen LogP contribution in [-0.4, -0.2) is 52.8 Å². The van der Waals surface area contributed by atoms with Gasteiger partial charge < -0.3 is 9.80 Å². The van der Waals surface area contributed by atoms with Gasteiger partial charge in [0.2, 0.25) is 11.8 Å². The van der Waals surface area contributed by atoms with E-state index in [1.807, 2.05) is 34.2 Å². The first-order chi connectivity index (χ1) is 17.9. The van der Waals surface area contributed by atoms with E-state index < -0.39 is 0 Å². The number of benzene rings is 1. The van der Waals surface area contributed by atoms with Crippen LogP contribution in [0.5, 0.6) is 0 Å². The van der Waals surface area contributed by atoms with Crippen molar-refractivity contribution >= 4 is 55.3 Å². The number of amides is 2. The monoisotopic (exact) mass is 651 g/mol. The molecule has 1 aromatic heterocycles. The molecule has 3 heterocycles. The fourth-order valence-corrected chi connectivity index (χ4v) is 6.81. The van der Waals surface area contributed by atoms with Gasteiger partial charge in [0.15, 0.2) is 0 Å². The van der Waals surface area contributed by atoms with Crippen molar-refractivity contribution in [2.45, 2.75) is 70.1 Å². The smallest absolute Gasteiger partial charge is 0.222 e. The molecule has 2 aliphatic heterocycles. The van der Waals surface area contributed by atoms with Crippen molar-refractivity contribution in [3.63, 3.8) is 0 Å². The molecule has 2 aromatic rings. The molecule has 0 bridgehead atoms. The van der Waals surface area contributed by atoms with E-state index >= 15 is 0 Å². The van der Waals surface area contributed by atoms with Crippen molar-refractivity contribution in [1.29, 1.82) is 0 Å². The number of piperidine rings is 2. The van der Waals surface area contributed by atoms with Crippen molar-refractivity contribution in [2.24, 2.45) is 5.92 Å². The van der Waals surface area contributed by atoms with Crippen LogP contribution in [0.15, 0.2) is 45.5 Å². The van der Waals surface area contributed by atoms with Crippen molar-refractivity contribution in [3.05, 3.63) is 61.8 Å². The molecule has 1 atom stereocenters. The third-order valence-electron chi connectivity index (χ3n) is 7.72. The molecule has 8 heteroatoms. The lowest BCUT2D eigenvalue weighted by atomic mass is 9.78. The van der Waals surface area contributed by atoms with Crippen molar-refractivity contribution in [3.8, 4) is 0 Å². The Balaban J connectivity index is 1.27. The van der Waals surface area contributed by atoms with Crippen LogP contribution in [0.4, 0.5) is 0 Å². The summed E-state index contributed by atoms with van der Waals surface area (Å²) in [6, 6.07) is 10.1. The van der Waals surface area contributed by atoms with Crippen LogP contribution in [0.25, 0.3) is 0 Å². The summed E-state index contributed by atoms with van der Waals surface area (Å²) in [5.74, 6) is 1.05. The molecule has 0 N–H and O–H groups in total. The highest BCUT2D eigenvalue weighted by Crippen LogP contribution is 2.41. The average Bonchev–Trinajstić information content (AvgIpc) is 2.91. The minimum absolute atomic E-state index is 0.134. The summed E-state index contributed by atoms with van der Waals surface area (Å²) >= 11 is 13.4. The average molecular weight is 654 g/mol. The summed E-state index contributed by atoms with van der Waals surface area (Å²) < 4.78 is 1.95. The Kier molecular flexibility index (Phi) is 10.9. The molecule has 5 nitrogen and oxygen atoms in total. The molecule has 2 saturated heterocycles. The lowest BCUT2D eigenvalue weighted by molar-refractivity contribution is -0.132. The standard InChI is InChI=1S/C29H36Br2ClN3O2/c30-22-9-12-26(33-20-22)29(24-11-10-23(32)19-25(24)31)21-13-17-35(18-14-21)28(37)8-4-1-3-7-27(36)34-15-5-2-6-16-34/h9-12,19-21,29H,1-8,13-18H2/t29-/m1/s1. The summed E-state index contributed by atoms with van der Waals surface area (Å²) in [5, 5.41) is 0.703. The van der Waals surface area contributed by atoms with E-state index in [2.05, 4.69) is 44.0 Å². The normalized spacial score (nSPS) is 17.6. The highest BCUT2D eigenvalue weighted by molar-refractivity contribution is 9.10. The molecule has 2 amide bonds. The van der Waals surface area contributed by atoms with Crippen LogP contribution in [-0.2, 0) is 9.59 Å². The highest BCUT2D eigenvalue weighted by atomic mass is 79.9. The quantitative estimate of drug-likeness (QED) is 0.262.